The summed E-state index contributed by atoms with van der Waals surface area (Å²) in [6, 6.07) is 8.59. The second kappa shape index (κ2) is 10.6. The van der Waals surface area contributed by atoms with Gasteiger partial charge in [0.1, 0.15) is 0 Å². The Morgan fingerprint density at radius 3 is 2.52 bits per heavy atom. The summed E-state index contributed by atoms with van der Waals surface area (Å²) in [6.45, 7) is 6.14. The molecule has 1 aliphatic rings. The number of allylic oxidation sites excluding steroid dienone is 5. The maximum absolute atomic E-state index is 4.64. The van der Waals surface area contributed by atoms with Crippen LogP contribution in [-0.4, -0.2) is 27.2 Å². The number of pyridine rings is 1. The molecule has 2 heterocycles. The molecule has 0 bridgehead atoms. The molecule has 2 aromatic heterocycles. The van der Waals surface area contributed by atoms with Gasteiger partial charge in [-0.2, -0.15) is 0 Å². The van der Waals surface area contributed by atoms with E-state index < -0.39 is 0 Å². The molecule has 0 spiro atoms. The van der Waals surface area contributed by atoms with Crippen LogP contribution in [0.25, 0.3) is 29.1 Å². The van der Waals surface area contributed by atoms with Gasteiger partial charge in [-0.25, -0.2) is 0 Å². The van der Waals surface area contributed by atoms with Crippen molar-refractivity contribution in [2.45, 2.75) is 33.2 Å². The van der Waals surface area contributed by atoms with E-state index >= 15 is 0 Å². The first kappa shape index (κ1) is 22.3. The van der Waals surface area contributed by atoms with Crippen molar-refractivity contribution in [3.63, 3.8) is 0 Å². The van der Waals surface area contributed by atoms with Crippen molar-refractivity contribution in [2.24, 2.45) is 4.99 Å². The third-order valence-electron chi connectivity index (χ3n) is 5.46. The fourth-order valence-electron chi connectivity index (χ4n) is 3.45. The van der Waals surface area contributed by atoms with Gasteiger partial charge < -0.3 is 0 Å². The van der Waals surface area contributed by atoms with Crippen molar-refractivity contribution in [1.29, 1.82) is 0 Å². The molecular formula is C29H28N4. The smallest absolute Gasteiger partial charge is 0.0813 e. The summed E-state index contributed by atoms with van der Waals surface area (Å²) in [7, 11) is 0. The summed E-state index contributed by atoms with van der Waals surface area (Å²) >= 11 is 0. The van der Waals surface area contributed by atoms with E-state index in [0.717, 1.165) is 34.3 Å². The van der Waals surface area contributed by atoms with Gasteiger partial charge in [0.05, 0.1) is 35.3 Å². The summed E-state index contributed by atoms with van der Waals surface area (Å²) in [4.78, 5) is 18.2. The van der Waals surface area contributed by atoms with E-state index in [2.05, 4.69) is 88.4 Å². The van der Waals surface area contributed by atoms with E-state index in [1.54, 1.807) is 12.4 Å². The van der Waals surface area contributed by atoms with Crippen LogP contribution in [0.2, 0.25) is 0 Å². The second-order valence-corrected chi connectivity index (χ2v) is 8.21. The molecule has 4 heteroatoms. The van der Waals surface area contributed by atoms with Gasteiger partial charge in [0.25, 0.3) is 0 Å². The Morgan fingerprint density at radius 2 is 1.76 bits per heavy atom. The molecule has 0 fully saturated rings. The van der Waals surface area contributed by atoms with Crippen LogP contribution in [0.5, 0.6) is 0 Å². The summed E-state index contributed by atoms with van der Waals surface area (Å²) in [5.41, 5.74) is 7.29. The molecule has 4 rings (SSSR count). The first-order chi connectivity index (χ1) is 16.1. The number of aryl methyl sites for hydroxylation is 1. The number of aromatic nitrogens is 3. The normalized spacial score (nSPS) is 17.0. The molecule has 1 atom stereocenters. The standard InChI is InChI=1S/C29H28N4/c1-4-21(2)17-30-26-7-5-6-23(15-26)9-12-27-19-32-28(20-31-27)13-10-24-8-11-25-14-22(3)18-33-29(25)16-24/h4-14,16-20,26H,15H2,1-3H3/b12-9+,13-10+,21-4-,30-17?. The van der Waals surface area contributed by atoms with Gasteiger partial charge in [0.15, 0.2) is 0 Å². The van der Waals surface area contributed by atoms with Gasteiger partial charge in [0.2, 0.25) is 0 Å². The zero-order valence-electron chi connectivity index (χ0n) is 19.3. The van der Waals surface area contributed by atoms with Gasteiger partial charge in [-0.1, -0.05) is 48.6 Å². The topological polar surface area (TPSA) is 51.0 Å². The number of nitrogens with zero attached hydrogens (tertiary/aromatic N) is 4. The van der Waals surface area contributed by atoms with E-state index in [0.29, 0.717) is 0 Å². The summed E-state index contributed by atoms with van der Waals surface area (Å²) in [6.07, 6.45) is 24.8. The second-order valence-electron chi connectivity index (χ2n) is 8.21. The van der Waals surface area contributed by atoms with Crippen LogP contribution >= 0.6 is 0 Å². The predicted octanol–water partition coefficient (Wildman–Crippen LogP) is 6.81. The lowest BCUT2D eigenvalue weighted by Gasteiger charge is -2.12. The van der Waals surface area contributed by atoms with E-state index in [1.807, 2.05) is 37.6 Å². The molecule has 1 aliphatic carbocycles. The van der Waals surface area contributed by atoms with E-state index in [-0.39, 0.29) is 6.04 Å². The third kappa shape index (κ3) is 6.30. The summed E-state index contributed by atoms with van der Waals surface area (Å²) in [5.74, 6) is 0. The maximum Gasteiger partial charge on any atom is 0.0813 e. The molecule has 0 radical (unpaired) electrons. The average Bonchev–Trinajstić information content (AvgIpc) is 2.85. The highest BCUT2D eigenvalue weighted by Crippen LogP contribution is 2.19. The van der Waals surface area contributed by atoms with Crippen LogP contribution in [0.4, 0.5) is 0 Å². The Balaban J connectivity index is 1.38. The third-order valence-corrected chi connectivity index (χ3v) is 5.46. The van der Waals surface area contributed by atoms with Gasteiger partial charge in [-0.15, -0.1) is 0 Å². The van der Waals surface area contributed by atoms with Crippen molar-refractivity contribution < 1.29 is 0 Å². The van der Waals surface area contributed by atoms with Crippen LogP contribution in [0, 0.1) is 6.92 Å². The van der Waals surface area contributed by atoms with Gasteiger partial charge >= 0.3 is 0 Å². The molecule has 33 heavy (non-hydrogen) atoms. The molecule has 0 aliphatic heterocycles. The van der Waals surface area contributed by atoms with Crippen molar-refractivity contribution in [2.75, 3.05) is 0 Å². The molecule has 3 aromatic rings. The molecule has 0 N–H and O–H groups in total. The van der Waals surface area contributed by atoms with Gasteiger partial charge in [-0.3, -0.25) is 19.9 Å². The largest absolute Gasteiger partial charge is 0.285 e. The Morgan fingerprint density at radius 1 is 0.970 bits per heavy atom. The minimum absolute atomic E-state index is 0.178. The summed E-state index contributed by atoms with van der Waals surface area (Å²) < 4.78 is 0. The Labute approximate surface area is 195 Å². The van der Waals surface area contributed by atoms with Gasteiger partial charge in [0, 0.05) is 17.8 Å². The quantitative estimate of drug-likeness (QED) is 0.402. The number of hydrogen-bond acceptors (Lipinski definition) is 4. The average molecular weight is 433 g/mol. The van der Waals surface area contributed by atoms with Gasteiger partial charge in [-0.05, 0) is 73.7 Å². The Kier molecular flexibility index (Phi) is 7.16. The maximum atomic E-state index is 4.64. The molecule has 1 unspecified atom stereocenters. The highest BCUT2D eigenvalue weighted by molar-refractivity contribution is 5.83. The number of benzene rings is 1. The molecule has 4 nitrogen and oxygen atoms in total. The number of aliphatic imine (C=N–C) groups is 1. The van der Waals surface area contributed by atoms with E-state index in [9.17, 15) is 0 Å². The first-order valence-corrected chi connectivity index (χ1v) is 11.2. The SMILES string of the molecule is C/C=C(/C)C=NC1C=CC=C(/C=C/c2cnc(/C=C/c3ccc4cc(C)cnc4c3)cn2)C1. The zero-order chi connectivity index (χ0) is 23.0. The number of rotatable bonds is 6. The Hall–Kier alpha value is -3.92. The minimum atomic E-state index is 0.178. The minimum Gasteiger partial charge on any atom is -0.285 e. The van der Waals surface area contributed by atoms with Crippen molar-refractivity contribution in [3.05, 3.63) is 107 Å². The van der Waals surface area contributed by atoms with Crippen LogP contribution in [-0.2, 0) is 0 Å². The van der Waals surface area contributed by atoms with Crippen LogP contribution in [0.1, 0.15) is 42.8 Å². The van der Waals surface area contributed by atoms with E-state index in [1.165, 1.54) is 16.7 Å². The first-order valence-electron chi connectivity index (χ1n) is 11.2. The predicted molar refractivity (Wildman–Crippen MR) is 140 cm³/mol. The van der Waals surface area contributed by atoms with Crippen molar-refractivity contribution >= 4 is 35.3 Å². The highest BCUT2D eigenvalue weighted by Gasteiger charge is 2.07. The Bertz CT molecular complexity index is 1310. The fourth-order valence-corrected chi connectivity index (χ4v) is 3.45. The lowest BCUT2D eigenvalue weighted by atomic mass is 10.0. The summed E-state index contributed by atoms with van der Waals surface area (Å²) in [5, 5.41) is 1.15. The molecule has 0 saturated heterocycles. The fraction of sp³-hybridized carbons (Fsp3) is 0.172. The van der Waals surface area contributed by atoms with Crippen LogP contribution < -0.4 is 0 Å². The lowest BCUT2D eigenvalue weighted by molar-refractivity contribution is 0.809. The monoisotopic (exact) mass is 432 g/mol. The molecule has 0 saturated carbocycles. The number of fused-ring (bicyclic) bond motifs is 1. The molecule has 0 amide bonds. The molecule has 164 valence electrons. The van der Waals surface area contributed by atoms with Crippen molar-refractivity contribution in [3.8, 4) is 0 Å². The molecular weight excluding hydrogens is 404 g/mol. The van der Waals surface area contributed by atoms with Crippen LogP contribution in [0.15, 0.2) is 89.4 Å². The lowest BCUT2D eigenvalue weighted by Crippen LogP contribution is -2.05. The van der Waals surface area contributed by atoms with Crippen LogP contribution in [0.3, 0.4) is 0 Å². The number of hydrogen-bond donors (Lipinski definition) is 0. The molecule has 1 aromatic carbocycles. The van der Waals surface area contributed by atoms with Crippen molar-refractivity contribution in [1.82, 2.24) is 15.0 Å². The highest BCUT2D eigenvalue weighted by atomic mass is 14.8. The van der Waals surface area contributed by atoms with E-state index in [4.69, 9.17) is 0 Å². The zero-order valence-corrected chi connectivity index (χ0v) is 19.3.